The third-order valence-electron chi connectivity index (χ3n) is 2.24. The fourth-order valence-corrected chi connectivity index (χ4v) is 1.64. The number of hydrogen-bond acceptors (Lipinski definition) is 1. The van der Waals surface area contributed by atoms with Crippen molar-refractivity contribution in [1.29, 1.82) is 0 Å². The first-order valence-corrected chi connectivity index (χ1v) is 4.44. The molecular weight excluding hydrogens is 196 g/mol. The first-order chi connectivity index (χ1) is 6.18. The Morgan fingerprint density at radius 2 is 1.92 bits per heavy atom. The molecule has 1 fully saturated rings. The highest BCUT2D eigenvalue weighted by Crippen LogP contribution is 2.30. The summed E-state index contributed by atoms with van der Waals surface area (Å²) in [5.74, 6) is -1.74. The molecule has 1 aromatic carbocycles. The van der Waals surface area contributed by atoms with Gasteiger partial charge in [-0.3, -0.25) is 0 Å². The minimum absolute atomic E-state index is 0.0857. The van der Waals surface area contributed by atoms with E-state index in [0.29, 0.717) is 5.56 Å². The highest BCUT2D eigenvalue weighted by molar-refractivity contribution is 6.31. The number of hydrogen-bond donors (Lipinski definition) is 1. The lowest BCUT2D eigenvalue weighted by molar-refractivity contribution is 0.380. The Labute approximate surface area is 79.7 Å². The summed E-state index contributed by atoms with van der Waals surface area (Å²) in [6.45, 7) is 0.903. The van der Waals surface area contributed by atoms with E-state index in [0.717, 1.165) is 25.1 Å². The molecule has 1 atom stereocenters. The quantitative estimate of drug-likeness (QED) is 0.692. The molecule has 0 spiro atoms. The first-order valence-electron chi connectivity index (χ1n) is 4.06. The molecule has 0 amide bonds. The van der Waals surface area contributed by atoms with Gasteiger partial charge < -0.3 is 5.32 Å². The molecule has 4 heteroatoms. The van der Waals surface area contributed by atoms with Crippen molar-refractivity contribution in [1.82, 2.24) is 5.32 Å². The predicted molar refractivity (Wildman–Crippen MR) is 46.7 cm³/mol. The van der Waals surface area contributed by atoms with E-state index in [-0.39, 0.29) is 11.1 Å². The van der Waals surface area contributed by atoms with Crippen molar-refractivity contribution in [3.63, 3.8) is 0 Å². The van der Waals surface area contributed by atoms with Crippen LogP contribution in [0.1, 0.15) is 18.0 Å². The Kier molecular flexibility index (Phi) is 2.22. The summed E-state index contributed by atoms with van der Waals surface area (Å²) in [6, 6.07) is 2.27. The second-order valence-electron chi connectivity index (χ2n) is 3.08. The van der Waals surface area contributed by atoms with Gasteiger partial charge in [0.25, 0.3) is 0 Å². The minimum atomic E-state index is -0.895. The molecule has 1 nitrogen and oxygen atoms in total. The highest BCUT2D eigenvalue weighted by atomic mass is 35.5. The van der Waals surface area contributed by atoms with Crippen LogP contribution < -0.4 is 5.32 Å². The molecule has 70 valence electrons. The van der Waals surface area contributed by atoms with E-state index in [4.69, 9.17) is 11.6 Å². The molecule has 1 saturated heterocycles. The van der Waals surface area contributed by atoms with Crippen molar-refractivity contribution < 1.29 is 8.78 Å². The summed E-state index contributed by atoms with van der Waals surface area (Å²) < 4.78 is 25.5. The van der Waals surface area contributed by atoms with E-state index in [2.05, 4.69) is 5.32 Å². The maximum atomic E-state index is 12.8. The summed E-state index contributed by atoms with van der Waals surface area (Å²) >= 11 is 5.76. The summed E-state index contributed by atoms with van der Waals surface area (Å²) in [4.78, 5) is 0. The molecule has 0 radical (unpaired) electrons. The van der Waals surface area contributed by atoms with Gasteiger partial charge in [-0.25, -0.2) is 8.78 Å². The normalized spacial score (nSPS) is 21.3. The number of benzene rings is 1. The molecule has 0 aromatic heterocycles. The summed E-state index contributed by atoms with van der Waals surface area (Å²) in [5.41, 5.74) is 0.645. The van der Waals surface area contributed by atoms with Gasteiger partial charge in [0.15, 0.2) is 11.6 Å². The van der Waals surface area contributed by atoms with E-state index >= 15 is 0 Å². The standard InChI is InChI=1S/C9H8ClF2N/c10-6-4-8(12)7(11)3-5(6)9-1-2-13-9/h3-4,9,13H,1-2H2. The van der Waals surface area contributed by atoms with Crippen LogP contribution in [0, 0.1) is 11.6 Å². The molecule has 0 aliphatic carbocycles. The molecule has 1 aliphatic rings. The zero-order chi connectivity index (χ0) is 9.42. The number of nitrogens with one attached hydrogen (secondary N) is 1. The van der Waals surface area contributed by atoms with Crippen LogP contribution in [0.15, 0.2) is 12.1 Å². The van der Waals surface area contributed by atoms with Gasteiger partial charge in [-0.15, -0.1) is 0 Å². The van der Waals surface area contributed by atoms with Crippen LogP contribution in [0.3, 0.4) is 0 Å². The fourth-order valence-electron chi connectivity index (χ4n) is 1.36. The molecule has 1 heterocycles. The summed E-state index contributed by atoms with van der Waals surface area (Å²) in [5, 5.41) is 3.36. The van der Waals surface area contributed by atoms with Crippen LogP contribution in [0.25, 0.3) is 0 Å². The van der Waals surface area contributed by atoms with Crippen LogP contribution in [-0.4, -0.2) is 6.54 Å². The molecule has 1 unspecified atom stereocenters. The van der Waals surface area contributed by atoms with Crippen molar-refractivity contribution >= 4 is 11.6 Å². The molecule has 1 N–H and O–H groups in total. The largest absolute Gasteiger partial charge is 0.310 e. The molecule has 0 bridgehead atoms. The smallest absolute Gasteiger partial charge is 0.160 e. The molecule has 2 rings (SSSR count). The van der Waals surface area contributed by atoms with Crippen LogP contribution in [0.4, 0.5) is 8.78 Å². The molecule has 0 saturated carbocycles. The zero-order valence-electron chi connectivity index (χ0n) is 6.78. The second-order valence-corrected chi connectivity index (χ2v) is 3.49. The first kappa shape index (κ1) is 8.91. The van der Waals surface area contributed by atoms with E-state index in [1.807, 2.05) is 0 Å². The van der Waals surface area contributed by atoms with Crippen LogP contribution >= 0.6 is 11.6 Å². The van der Waals surface area contributed by atoms with Gasteiger partial charge in [0.2, 0.25) is 0 Å². The van der Waals surface area contributed by atoms with Crippen molar-refractivity contribution in [2.45, 2.75) is 12.5 Å². The average molecular weight is 204 g/mol. The summed E-state index contributed by atoms with van der Waals surface area (Å²) in [7, 11) is 0. The van der Waals surface area contributed by atoms with E-state index < -0.39 is 11.6 Å². The zero-order valence-corrected chi connectivity index (χ0v) is 7.54. The lowest BCUT2D eigenvalue weighted by Gasteiger charge is -2.28. The Bertz CT molecular complexity index is 337. The average Bonchev–Trinajstić information content (AvgIpc) is 1.96. The minimum Gasteiger partial charge on any atom is -0.310 e. The second kappa shape index (κ2) is 3.24. The Morgan fingerprint density at radius 3 is 2.46 bits per heavy atom. The Morgan fingerprint density at radius 1 is 1.31 bits per heavy atom. The summed E-state index contributed by atoms with van der Waals surface area (Å²) in [6.07, 6.45) is 0.921. The van der Waals surface area contributed by atoms with Gasteiger partial charge in [0.05, 0.1) is 0 Å². The number of halogens is 3. The molecule has 13 heavy (non-hydrogen) atoms. The van der Waals surface area contributed by atoms with Crippen LogP contribution in [-0.2, 0) is 0 Å². The Hall–Kier alpha value is -0.670. The molecular formula is C9H8ClF2N. The molecule has 1 aromatic rings. The third kappa shape index (κ3) is 1.54. The number of rotatable bonds is 1. The maximum absolute atomic E-state index is 12.8. The maximum Gasteiger partial charge on any atom is 0.160 e. The van der Waals surface area contributed by atoms with E-state index in [1.165, 1.54) is 0 Å². The van der Waals surface area contributed by atoms with Crippen molar-refractivity contribution in [2.24, 2.45) is 0 Å². The fraction of sp³-hybridized carbons (Fsp3) is 0.333. The Balaban J connectivity index is 2.39. The van der Waals surface area contributed by atoms with Gasteiger partial charge in [0, 0.05) is 11.1 Å². The predicted octanol–water partition coefficient (Wildman–Crippen LogP) is 2.65. The SMILES string of the molecule is Fc1cc(Cl)c(C2CCN2)cc1F. The van der Waals surface area contributed by atoms with Gasteiger partial charge in [-0.2, -0.15) is 0 Å². The van der Waals surface area contributed by atoms with Crippen LogP contribution in [0.2, 0.25) is 5.02 Å². The van der Waals surface area contributed by atoms with Crippen molar-refractivity contribution in [3.8, 4) is 0 Å². The van der Waals surface area contributed by atoms with E-state index in [9.17, 15) is 8.78 Å². The van der Waals surface area contributed by atoms with Crippen molar-refractivity contribution in [2.75, 3.05) is 6.54 Å². The topological polar surface area (TPSA) is 12.0 Å². The highest BCUT2D eigenvalue weighted by Gasteiger charge is 2.22. The molecule has 1 aliphatic heterocycles. The van der Waals surface area contributed by atoms with E-state index in [1.54, 1.807) is 0 Å². The van der Waals surface area contributed by atoms with Gasteiger partial charge in [-0.1, -0.05) is 11.6 Å². The van der Waals surface area contributed by atoms with Gasteiger partial charge >= 0.3 is 0 Å². The lowest BCUT2D eigenvalue weighted by atomic mass is 9.98. The van der Waals surface area contributed by atoms with Crippen LogP contribution in [0.5, 0.6) is 0 Å². The third-order valence-corrected chi connectivity index (χ3v) is 2.57. The van der Waals surface area contributed by atoms with Crippen molar-refractivity contribution in [3.05, 3.63) is 34.4 Å². The monoisotopic (exact) mass is 203 g/mol. The van der Waals surface area contributed by atoms with Gasteiger partial charge in [0.1, 0.15) is 0 Å². The van der Waals surface area contributed by atoms with Gasteiger partial charge in [-0.05, 0) is 30.7 Å². The lowest BCUT2D eigenvalue weighted by Crippen LogP contribution is -2.35.